The molecule has 0 fully saturated rings. The minimum atomic E-state index is 0.361. The molecule has 3 rings (SSSR count). The van der Waals surface area contributed by atoms with Gasteiger partial charge in [0.05, 0.1) is 5.39 Å². The van der Waals surface area contributed by atoms with E-state index in [2.05, 4.69) is 43.4 Å². The van der Waals surface area contributed by atoms with Crippen molar-refractivity contribution >= 4 is 16.8 Å². The molecular formula is C20H25N3O2. The van der Waals surface area contributed by atoms with Gasteiger partial charge in [0.25, 0.3) is 0 Å². The number of nitrogen functional groups attached to an aromatic ring is 1. The lowest BCUT2D eigenvalue weighted by molar-refractivity contribution is 0.366. The van der Waals surface area contributed by atoms with E-state index in [-0.39, 0.29) is 0 Å². The molecule has 0 amide bonds. The Morgan fingerprint density at radius 3 is 2.52 bits per heavy atom. The molecule has 25 heavy (non-hydrogen) atoms. The number of fused-ring (bicyclic) bond motifs is 1. The van der Waals surface area contributed by atoms with Crippen molar-refractivity contribution in [1.29, 1.82) is 0 Å². The van der Waals surface area contributed by atoms with Crippen LogP contribution in [0.3, 0.4) is 0 Å². The maximum Gasteiger partial charge on any atom is 0.174 e. The molecule has 5 nitrogen and oxygen atoms in total. The van der Waals surface area contributed by atoms with Crippen molar-refractivity contribution in [2.45, 2.75) is 33.7 Å². The maximum atomic E-state index is 5.87. The molecule has 0 bridgehead atoms. The van der Waals surface area contributed by atoms with E-state index in [4.69, 9.17) is 15.0 Å². The smallest absolute Gasteiger partial charge is 0.174 e. The van der Waals surface area contributed by atoms with Crippen molar-refractivity contribution in [1.82, 2.24) is 10.5 Å². The van der Waals surface area contributed by atoms with E-state index in [1.807, 2.05) is 24.3 Å². The Morgan fingerprint density at radius 1 is 1.08 bits per heavy atom. The maximum absolute atomic E-state index is 5.87. The number of anilines is 1. The fourth-order valence-electron chi connectivity index (χ4n) is 2.51. The second kappa shape index (κ2) is 7.15. The second-order valence-electron chi connectivity index (χ2n) is 7.46. The van der Waals surface area contributed by atoms with E-state index in [9.17, 15) is 0 Å². The van der Waals surface area contributed by atoms with E-state index in [1.54, 1.807) is 6.07 Å². The predicted molar refractivity (Wildman–Crippen MR) is 101 cm³/mol. The van der Waals surface area contributed by atoms with Crippen LogP contribution in [0.4, 0.5) is 5.82 Å². The zero-order valence-corrected chi connectivity index (χ0v) is 15.0. The van der Waals surface area contributed by atoms with Gasteiger partial charge in [-0.3, -0.25) is 0 Å². The van der Waals surface area contributed by atoms with Gasteiger partial charge in [-0.15, -0.1) is 0 Å². The third kappa shape index (κ3) is 4.73. The first-order valence-corrected chi connectivity index (χ1v) is 8.53. The van der Waals surface area contributed by atoms with Crippen LogP contribution in [-0.4, -0.2) is 11.7 Å². The van der Waals surface area contributed by atoms with Gasteiger partial charge in [0.15, 0.2) is 11.4 Å². The topological polar surface area (TPSA) is 73.3 Å². The van der Waals surface area contributed by atoms with Crippen LogP contribution in [0.1, 0.15) is 32.8 Å². The van der Waals surface area contributed by atoms with Gasteiger partial charge in [0.1, 0.15) is 11.5 Å². The van der Waals surface area contributed by atoms with Gasteiger partial charge in [-0.2, -0.15) is 0 Å². The van der Waals surface area contributed by atoms with Gasteiger partial charge in [-0.1, -0.05) is 38.1 Å². The van der Waals surface area contributed by atoms with Gasteiger partial charge < -0.3 is 20.3 Å². The molecule has 0 radical (unpaired) electrons. The molecule has 0 aliphatic carbocycles. The van der Waals surface area contributed by atoms with E-state index < -0.39 is 0 Å². The van der Waals surface area contributed by atoms with Crippen LogP contribution in [0, 0.1) is 5.41 Å². The van der Waals surface area contributed by atoms with E-state index in [0.717, 1.165) is 30.6 Å². The Morgan fingerprint density at radius 2 is 1.80 bits per heavy atom. The minimum absolute atomic E-state index is 0.361. The molecule has 0 saturated heterocycles. The second-order valence-corrected chi connectivity index (χ2v) is 7.46. The lowest BCUT2D eigenvalue weighted by atomic mass is 9.92. The average molecular weight is 339 g/mol. The number of hydrogen-bond donors (Lipinski definition) is 2. The summed E-state index contributed by atoms with van der Waals surface area (Å²) in [6.07, 6.45) is 1.16. The molecule has 0 saturated carbocycles. The number of hydrogen-bond acceptors (Lipinski definition) is 5. The number of nitrogens with one attached hydrogen (secondary N) is 1. The fourth-order valence-corrected chi connectivity index (χ4v) is 2.51. The first-order valence-electron chi connectivity index (χ1n) is 8.53. The molecule has 3 N–H and O–H groups in total. The lowest BCUT2D eigenvalue weighted by Crippen LogP contribution is -2.20. The summed E-state index contributed by atoms with van der Waals surface area (Å²) in [5.41, 5.74) is 7.93. The number of nitrogens with two attached hydrogens (primary N) is 1. The largest absolute Gasteiger partial charge is 0.457 e. The molecule has 0 aliphatic heterocycles. The van der Waals surface area contributed by atoms with Crippen molar-refractivity contribution in [3.05, 3.63) is 48.0 Å². The molecule has 132 valence electrons. The average Bonchev–Trinajstić information content (AvgIpc) is 2.93. The molecular weight excluding hydrogens is 314 g/mol. The first kappa shape index (κ1) is 17.3. The summed E-state index contributed by atoms with van der Waals surface area (Å²) < 4.78 is 11.0. The number of rotatable bonds is 6. The molecule has 1 heterocycles. The van der Waals surface area contributed by atoms with Crippen molar-refractivity contribution in [2.75, 3.05) is 12.3 Å². The lowest BCUT2D eigenvalue weighted by Gasteiger charge is -2.18. The third-order valence-corrected chi connectivity index (χ3v) is 4.01. The Kier molecular flexibility index (Phi) is 4.95. The Hall–Kier alpha value is -2.53. The molecule has 1 aromatic heterocycles. The molecule has 3 aromatic rings. The van der Waals surface area contributed by atoms with E-state index in [0.29, 0.717) is 22.6 Å². The SMILES string of the molecule is CC(C)(C)CCNCc1ccc(Oc2ccc3c(N)noc3c2)cc1. The standard InChI is InChI=1S/C20H25N3O2/c1-20(2,3)10-11-22-13-14-4-6-15(7-5-14)24-16-8-9-17-18(12-16)25-23-19(17)21/h4-9,12,22H,10-11,13H2,1-3H3,(H2,21,23). The number of aromatic nitrogens is 1. The quantitative estimate of drug-likeness (QED) is 0.635. The third-order valence-electron chi connectivity index (χ3n) is 4.01. The van der Waals surface area contributed by atoms with E-state index in [1.165, 1.54) is 5.56 Å². The Labute approximate surface area is 148 Å². The number of nitrogens with zero attached hydrogens (tertiary/aromatic N) is 1. The van der Waals surface area contributed by atoms with Crippen LogP contribution in [0.2, 0.25) is 0 Å². The zero-order chi connectivity index (χ0) is 17.9. The summed E-state index contributed by atoms with van der Waals surface area (Å²) in [5.74, 6) is 1.87. The van der Waals surface area contributed by atoms with Gasteiger partial charge in [-0.05, 0) is 48.2 Å². The first-order chi connectivity index (χ1) is 11.9. The summed E-state index contributed by atoms with van der Waals surface area (Å²) in [6.45, 7) is 8.64. The number of ether oxygens (including phenoxy) is 1. The minimum Gasteiger partial charge on any atom is -0.457 e. The van der Waals surface area contributed by atoms with Crippen molar-refractivity contribution < 1.29 is 9.26 Å². The summed E-state index contributed by atoms with van der Waals surface area (Å²) >= 11 is 0. The normalized spacial score (nSPS) is 11.8. The van der Waals surface area contributed by atoms with Crippen molar-refractivity contribution in [3.8, 4) is 11.5 Å². The molecule has 0 spiro atoms. The fraction of sp³-hybridized carbons (Fsp3) is 0.350. The van der Waals surface area contributed by atoms with Crippen LogP contribution >= 0.6 is 0 Å². The van der Waals surface area contributed by atoms with E-state index >= 15 is 0 Å². The Bertz CT molecular complexity index is 832. The van der Waals surface area contributed by atoms with Gasteiger partial charge in [0, 0.05) is 12.6 Å². The van der Waals surface area contributed by atoms with Crippen LogP contribution in [0.25, 0.3) is 11.0 Å². The molecule has 0 atom stereocenters. The molecule has 0 unspecified atom stereocenters. The summed E-state index contributed by atoms with van der Waals surface area (Å²) in [7, 11) is 0. The summed E-state index contributed by atoms with van der Waals surface area (Å²) in [5, 5.41) is 8.02. The summed E-state index contributed by atoms with van der Waals surface area (Å²) in [4.78, 5) is 0. The van der Waals surface area contributed by atoms with Crippen molar-refractivity contribution in [2.24, 2.45) is 5.41 Å². The summed E-state index contributed by atoms with van der Waals surface area (Å²) in [6, 6.07) is 13.6. The zero-order valence-electron chi connectivity index (χ0n) is 15.0. The highest BCUT2D eigenvalue weighted by molar-refractivity contribution is 5.87. The van der Waals surface area contributed by atoms with Crippen LogP contribution < -0.4 is 15.8 Å². The van der Waals surface area contributed by atoms with Gasteiger partial charge >= 0.3 is 0 Å². The highest BCUT2D eigenvalue weighted by Gasteiger charge is 2.09. The Balaban J connectivity index is 1.56. The molecule has 0 aliphatic rings. The van der Waals surface area contributed by atoms with Crippen LogP contribution in [0.5, 0.6) is 11.5 Å². The highest BCUT2D eigenvalue weighted by atomic mass is 16.5. The van der Waals surface area contributed by atoms with Crippen molar-refractivity contribution in [3.63, 3.8) is 0 Å². The highest BCUT2D eigenvalue weighted by Crippen LogP contribution is 2.28. The van der Waals surface area contributed by atoms with Gasteiger partial charge in [0.2, 0.25) is 0 Å². The number of benzene rings is 2. The molecule has 5 heteroatoms. The van der Waals surface area contributed by atoms with Crippen LogP contribution in [-0.2, 0) is 6.54 Å². The predicted octanol–water partition coefficient (Wildman–Crippen LogP) is 4.73. The van der Waals surface area contributed by atoms with Crippen LogP contribution in [0.15, 0.2) is 47.0 Å². The molecule has 2 aromatic carbocycles. The monoisotopic (exact) mass is 339 g/mol. The van der Waals surface area contributed by atoms with Gasteiger partial charge in [-0.25, -0.2) is 0 Å².